The third-order valence-electron chi connectivity index (χ3n) is 3.06. The molecule has 0 saturated heterocycles. The molecule has 18 heavy (non-hydrogen) atoms. The number of hydrogen-bond acceptors (Lipinski definition) is 5. The minimum atomic E-state index is -3.72. The van der Waals surface area contributed by atoms with Gasteiger partial charge in [0.25, 0.3) is 0 Å². The molecule has 2 rings (SSSR count). The highest BCUT2D eigenvalue weighted by atomic mass is 32.2. The van der Waals surface area contributed by atoms with Gasteiger partial charge in [-0.25, -0.2) is 13.2 Å². The van der Waals surface area contributed by atoms with Gasteiger partial charge < -0.3 is 9.84 Å². The van der Waals surface area contributed by atoms with Gasteiger partial charge in [-0.15, -0.1) is 0 Å². The maximum absolute atomic E-state index is 12.2. The van der Waals surface area contributed by atoms with Gasteiger partial charge in [-0.1, -0.05) is 24.3 Å². The molecular weight excluding hydrogens is 258 g/mol. The summed E-state index contributed by atoms with van der Waals surface area (Å²) in [6.45, 7) is 0. The molecule has 0 aromatic heterocycles. The topological polar surface area (TPSA) is 83.9 Å². The van der Waals surface area contributed by atoms with E-state index >= 15 is 0 Å². The minimum Gasteiger partial charge on any atom is -0.509 e. The fourth-order valence-electron chi connectivity index (χ4n) is 2.08. The molecule has 0 amide bonds. The van der Waals surface area contributed by atoms with E-state index in [0.29, 0.717) is 0 Å². The molecule has 1 aliphatic heterocycles. The zero-order chi connectivity index (χ0) is 13.5. The monoisotopic (exact) mass is 271 g/mol. The van der Waals surface area contributed by atoms with Crippen molar-refractivity contribution in [3.05, 3.63) is 35.8 Å². The Morgan fingerprint density at radius 3 is 2.61 bits per heavy atom. The molecule has 2 aliphatic rings. The zero-order valence-electron chi connectivity index (χ0n) is 9.90. The predicted molar refractivity (Wildman–Crippen MR) is 63.9 cm³/mol. The number of carbonyl (C=O) groups excluding carboxylic acids is 1. The van der Waals surface area contributed by atoms with Crippen LogP contribution in [0.25, 0.3) is 0 Å². The van der Waals surface area contributed by atoms with Gasteiger partial charge in [0.05, 0.1) is 13.0 Å². The molecular formula is C11H13NO5S. The van der Waals surface area contributed by atoms with Crippen LogP contribution in [0.5, 0.6) is 0 Å². The Balaban J connectivity index is 2.63. The number of sulfonamides is 1. The fraction of sp³-hybridized carbons (Fsp3) is 0.364. The number of fused-ring (bicyclic) bond motifs is 1. The molecule has 2 atom stereocenters. The highest BCUT2D eigenvalue weighted by Crippen LogP contribution is 2.35. The first-order chi connectivity index (χ1) is 8.41. The van der Waals surface area contributed by atoms with Crippen molar-refractivity contribution >= 4 is 16.0 Å². The highest BCUT2D eigenvalue weighted by molar-refractivity contribution is 7.90. The number of methoxy groups -OCH3 is 1. The van der Waals surface area contributed by atoms with Gasteiger partial charge in [-0.05, 0) is 0 Å². The number of esters is 1. The highest BCUT2D eigenvalue weighted by Gasteiger charge is 2.46. The number of aliphatic hydroxyl groups is 1. The SMILES string of the molecule is COC(=O)C1=C(O)[C@@H]2C=CC=C[C@@H]2S(=O)(=O)N1C. The number of aliphatic hydroxyl groups excluding tert-OH is 1. The van der Waals surface area contributed by atoms with Crippen LogP contribution in [0.15, 0.2) is 35.8 Å². The number of rotatable bonds is 1. The number of nitrogens with zero attached hydrogens (tertiary/aromatic N) is 1. The van der Waals surface area contributed by atoms with E-state index in [1.807, 2.05) is 0 Å². The summed E-state index contributed by atoms with van der Waals surface area (Å²) in [6.07, 6.45) is 6.27. The van der Waals surface area contributed by atoms with Crippen molar-refractivity contribution in [1.29, 1.82) is 0 Å². The van der Waals surface area contributed by atoms with E-state index in [2.05, 4.69) is 4.74 Å². The molecule has 0 unspecified atom stereocenters. The lowest BCUT2D eigenvalue weighted by Gasteiger charge is -2.35. The Bertz CT molecular complexity index is 572. The second-order valence-corrected chi connectivity index (χ2v) is 6.12. The third kappa shape index (κ3) is 1.62. The van der Waals surface area contributed by atoms with Gasteiger partial charge in [0.15, 0.2) is 5.70 Å². The third-order valence-corrected chi connectivity index (χ3v) is 5.15. The quantitative estimate of drug-likeness (QED) is 0.694. The molecule has 0 spiro atoms. The van der Waals surface area contributed by atoms with Crippen molar-refractivity contribution in [1.82, 2.24) is 4.31 Å². The Labute approximate surface area is 105 Å². The minimum absolute atomic E-state index is 0.287. The van der Waals surface area contributed by atoms with Crippen LogP contribution in [-0.4, -0.2) is 43.2 Å². The molecule has 1 heterocycles. The number of ether oxygens (including phenoxy) is 1. The van der Waals surface area contributed by atoms with Crippen LogP contribution in [0.3, 0.4) is 0 Å². The summed E-state index contributed by atoms with van der Waals surface area (Å²) in [5.41, 5.74) is -0.335. The van der Waals surface area contributed by atoms with Crippen molar-refractivity contribution < 1.29 is 23.1 Å². The summed E-state index contributed by atoms with van der Waals surface area (Å²) < 4.78 is 29.7. The van der Waals surface area contributed by atoms with Gasteiger partial charge >= 0.3 is 5.97 Å². The summed E-state index contributed by atoms with van der Waals surface area (Å²) in [7, 11) is -1.37. The van der Waals surface area contributed by atoms with Crippen LogP contribution < -0.4 is 0 Å². The molecule has 1 aliphatic carbocycles. The summed E-state index contributed by atoms with van der Waals surface area (Å²) in [5.74, 6) is -1.91. The lowest BCUT2D eigenvalue weighted by Crippen LogP contribution is -2.46. The molecule has 98 valence electrons. The van der Waals surface area contributed by atoms with Gasteiger partial charge in [0.2, 0.25) is 10.0 Å². The van der Waals surface area contributed by atoms with Crippen LogP contribution in [-0.2, 0) is 19.6 Å². The first-order valence-corrected chi connectivity index (χ1v) is 6.75. The maximum Gasteiger partial charge on any atom is 0.358 e. The second kappa shape index (κ2) is 4.16. The van der Waals surface area contributed by atoms with Gasteiger partial charge in [-0.2, -0.15) is 0 Å². The van der Waals surface area contributed by atoms with Crippen LogP contribution in [0.1, 0.15) is 0 Å². The van der Waals surface area contributed by atoms with Crippen LogP contribution >= 0.6 is 0 Å². The van der Waals surface area contributed by atoms with Gasteiger partial charge in [0, 0.05) is 7.05 Å². The zero-order valence-corrected chi connectivity index (χ0v) is 10.7. The normalized spacial score (nSPS) is 29.1. The Kier molecular flexibility index (Phi) is 2.94. The first kappa shape index (κ1) is 12.7. The molecule has 0 saturated carbocycles. The van der Waals surface area contributed by atoms with E-state index < -0.39 is 27.2 Å². The van der Waals surface area contributed by atoms with E-state index in [1.165, 1.54) is 13.1 Å². The lowest BCUT2D eigenvalue weighted by molar-refractivity contribution is -0.137. The average molecular weight is 271 g/mol. The fourth-order valence-corrected chi connectivity index (χ4v) is 3.74. The largest absolute Gasteiger partial charge is 0.509 e. The smallest absolute Gasteiger partial charge is 0.358 e. The molecule has 0 aromatic carbocycles. The Morgan fingerprint density at radius 2 is 2.00 bits per heavy atom. The van der Waals surface area contributed by atoms with Crippen molar-refractivity contribution in [2.24, 2.45) is 5.92 Å². The molecule has 6 nitrogen and oxygen atoms in total. The van der Waals surface area contributed by atoms with Gasteiger partial charge in [-0.3, -0.25) is 4.31 Å². The van der Waals surface area contributed by atoms with E-state index in [4.69, 9.17) is 0 Å². The summed E-state index contributed by atoms with van der Waals surface area (Å²) in [5, 5.41) is 9.17. The number of likely N-dealkylation sites (N-methyl/N-ethyl adjacent to an activating group) is 1. The van der Waals surface area contributed by atoms with E-state index in [0.717, 1.165) is 11.4 Å². The van der Waals surface area contributed by atoms with E-state index in [-0.39, 0.29) is 11.5 Å². The second-order valence-electron chi connectivity index (χ2n) is 4.00. The molecule has 0 aromatic rings. The first-order valence-electron chi connectivity index (χ1n) is 5.25. The standard InChI is InChI=1S/C11H13NO5S/c1-12-9(11(14)17-2)10(13)7-5-3-4-6-8(7)18(12,15)16/h3-8,13H,1-2H3/t7-,8+/m1/s1. The summed E-state index contributed by atoms with van der Waals surface area (Å²) in [6, 6.07) is 0. The molecule has 0 radical (unpaired) electrons. The molecule has 0 fully saturated rings. The van der Waals surface area contributed by atoms with Crippen molar-refractivity contribution in [3.8, 4) is 0 Å². The van der Waals surface area contributed by atoms with Gasteiger partial charge in [0.1, 0.15) is 11.0 Å². The lowest BCUT2D eigenvalue weighted by atomic mass is 9.96. The van der Waals surface area contributed by atoms with E-state index in [9.17, 15) is 18.3 Å². The van der Waals surface area contributed by atoms with Crippen molar-refractivity contribution in [3.63, 3.8) is 0 Å². The van der Waals surface area contributed by atoms with E-state index in [1.54, 1.807) is 18.2 Å². The Morgan fingerprint density at radius 1 is 1.39 bits per heavy atom. The van der Waals surface area contributed by atoms with Crippen LogP contribution in [0.2, 0.25) is 0 Å². The Hall–Kier alpha value is -1.76. The van der Waals surface area contributed by atoms with Crippen LogP contribution in [0, 0.1) is 5.92 Å². The maximum atomic E-state index is 12.2. The summed E-state index contributed by atoms with van der Waals surface area (Å²) >= 11 is 0. The average Bonchev–Trinajstić information content (AvgIpc) is 2.37. The summed E-state index contributed by atoms with van der Waals surface area (Å²) in [4.78, 5) is 11.6. The predicted octanol–water partition coefficient (Wildman–Crippen LogP) is 0.315. The van der Waals surface area contributed by atoms with Crippen molar-refractivity contribution in [2.45, 2.75) is 5.25 Å². The molecule has 0 bridgehead atoms. The molecule has 1 N–H and O–H groups in total. The van der Waals surface area contributed by atoms with Crippen molar-refractivity contribution in [2.75, 3.05) is 14.2 Å². The number of carbonyl (C=O) groups is 1. The van der Waals surface area contributed by atoms with Crippen LogP contribution in [0.4, 0.5) is 0 Å². The molecule has 7 heteroatoms. The number of hydrogen-bond donors (Lipinski definition) is 1. The number of allylic oxidation sites excluding steroid dienone is 3.